The largest absolute Gasteiger partial charge is 0.322 e. The first kappa shape index (κ1) is 17.3. The molecule has 120 valence electrons. The van der Waals surface area contributed by atoms with Gasteiger partial charge in [-0.05, 0) is 54.6 Å². The molecular weight excluding hydrogens is 309 g/mol. The Morgan fingerprint density at radius 3 is 2.48 bits per heavy atom. The molecule has 0 aromatic heterocycles. The van der Waals surface area contributed by atoms with Gasteiger partial charge in [-0.2, -0.15) is 0 Å². The van der Waals surface area contributed by atoms with E-state index in [-0.39, 0.29) is 11.7 Å². The molecule has 4 heteroatoms. The highest BCUT2D eigenvalue weighted by Crippen LogP contribution is 2.23. The predicted octanol–water partition coefficient (Wildman–Crippen LogP) is 5.63. The van der Waals surface area contributed by atoms with Crippen molar-refractivity contribution in [1.29, 1.82) is 0 Å². The smallest absolute Gasteiger partial charge is 0.252 e. The summed E-state index contributed by atoms with van der Waals surface area (Å²) in [4.78, 5) is 13.4. The molecule has 0 aliphatic heterocycles. The third-order valence-corrected chi connectivity index (χ3v) is 4.22. The van der Waals surface area contributed by atoms with Gasteiger partial charge >= 0.3 is 0 Å². The normalized spacial score (nSPS) is 11.3. The number of benzene rings is 2. The number of carbonyl (C=O) groups is 1. The standard InChI is InChI=1S/C19H20FNOS/c1-2-3-7-15(14-23-18-12-10-16(20)11-13-18)19(22)21-17-8-5-4-6-9-17/h4-6,8-14H,2-3,7H2,1H3,(H,21,22). The molecule has 2 aromatic carbocycles. The number of rotatable bonds is 7. The molecule has 0 atom stereocenters. The quantitative estimate of drug-likeness (QED) is 0.527. The summed E-state index contributed by atoms with van der Waals surface area (Å²) in [5.74, 6) is -0.342. The summed E-state index contributed by atoms with van der Waals surface area (Å²) in [5.41, 5.74) is 1.52. The summed E-state index contributed by atoms with van der Waals surface area (Å²) >= 11 is 1.44. The van der Waals surface area contributed by atoms with Gasteiger partial charge in [0.1, 0.15) is 5.82 Å². The van der Waals surface area contributed by atoms with Gasteiger partial charge in [-0.15, -0.1) is 0 Å². The van der Waals surface area contributed by atoms with Crippen LogP contribution in [0.25, 0.3) is 0 Å². The number of nitrogens with one attached hydrogen (secondary N) is 1. The van der Waals surface area contributed by atoms with Crippen molar-refractivity contribution in [3.63, 3.8) is 0 Å². The number of hydrogen-bond donors (Lipinski definition) is 1. The van der Waals surface area contributed by atoms with Crippen LogP contribution in [-0.2, 0) is 4.79 Å². The molecule has 2 nitrogen and oxygen atoms in total. The van der Waals surface area contributed by atoms with Gasteiger partial charge in [0.2, 0.25) is 0 Å². The van der Waals surface area contributed by atoms with E-state index in [1.807, 2.05) is 35.7 Å². The molecular formula is C19H20FNOS. The third-order valence-electron chi connectivity index (χ3n) is 3.27. The van der Waals surface area contributed by atoms with Gasteiger partial charge < -0.3 is 5.32 Å². The van der Waals surface area contributed by atoms with E-state index in [1.54, 1.807) is 12.1 Å². The number of unbranched alkanes of at least 4 members (excludes halogenated alkanes) is 1. The van der Waals surface area contributed by atoms with E-state index in [9.17, 15) is 9.18 Å². The summed E-state index contributed by atoms with van der Waals surface area (Å²) in [7, 11) is 0. The maximum Gasteiger partial charge on any atom is 0.252 e. The predicted molar refractivity (Wildman–Crippen MR) is 94.9 cm³/mol. The minimum atomic E-state index is -0.258. The molecule has 0 fully saturated rings. The Kier molecular flexibility index (Phi) is 6.88. The Balaban J connectivity index is 2.06. The molecule has 1 amide bonds. The van der Waals surface area contributed by atoms with Crippen LogP contribution >= 0.6 is 11.8 Å². The topological polar surface area (TPSA) is 29.1 Å². The molecule has 2 rings (SSSR count). The van der Waals surface area contributed by atoms with E-state index in [4.69, 9.17) is 0 Å². The fraction of sp³-hybridized carbons (Fsp3) is 0.211. The van der Waals surface area contributed by atoms with Crippen molar-refractivity contribution >= 4 is 23.4 Å². The molecule has 0 aliphatic carbocycles. The maximum atomic E-state index is 12.9. The van der Waals surface area contributed by atoms with Crippen molar-refractivity contribution in [2.24, 2.45) is 0 Å². The molecule has 0 radical (unpaired) electrons. The monoisotopic (exact) mass is 329 g/mol. The van der Waals surface area contributed by atoms with E-state index >= 15 is 0 Å². The van der Waals surface area contributed by atoms with Crippen molar-refractivity contribution in [2.75, 3.05) is 5.32 Å². The lowest BCUT2D eigenvalue weighted by Crippen LogP contribution is -2.14. The van der Waals surface area contributed by atoms with Crippen LogP contribution in [0.5, 0.6) is 0 Å². The molecule has 0 bridgehead atoms. The van der Waals surface area contributed by atoms with Gasteiger partial charge in [-0.3, -0.25) is 4.79 Å². The SMILES string of the molecule is CCCCC(=CSc1ccc(F)cc1)C(=O)Nc1ccccc1. The van der Waals surface area contributed by atoms with Gasteiger partial charge in [0.25, 0.3) is 5.91 Å². The maximum absolute atomic E-state index is 12.9. The number of halogens is 1. The Labute approximate surface area is 140 Å². The molecule has 0 spiro atoms. The number of hydrogen-bond acceptors (Lipinski definition) is 2. The second kappa shape index (κ2) is 9.16. The second-order valence-corrected chi connectivity index (χ2v) is 6.08. The van der Waals surface area contributed by atoms with Crippen LogP contribution in [0.4, 0.5) is 10.1 Å². The van der Waals surface area contributed by atoms with E-state index in [1.165, 1.54) is 23.9 Å². The van der Waals surface area contributed by atoms with E-state index < -0.39 is 0 Å². The Bertz CT molecular complexity index is 653. The summed E-state index contributed by atoms with van der Waals surface area (Å²) in [6.07, 6.45) is 2.71. The lowest BCUT2D eigenvalue weighted by molar-refractivity contribution is -0.113. The van der Waals surface area contributed by atoms with Crippen molar-refractivity contribution in [3.8, 4) is 0 Å². The van der Waals surface area contributed by atoms with Crippen LogP contribution in [-0.4, -0.2) is 5.91 Å². The fourth-order valence-corrected chi connectivity index (χ4v) is 2.77. The van der Waals surface area contributed by atoms with Gasteiger partial charge in [-0.25, -0.2) is 4.39 Å². The molecule has 0 unspecified atom stereocenters. The highest BCUT2D eigenvalue weighted by Gasteiger charge is 2.09. The van der Waals surface area contributed by atoms with Gasteiger partial charge in [0.15, 0.2) is 0 Å². The van der Waals surface area contributed by atoms with E-state index in [0.717, 1.165) is 35.4 Å². The van der Waals surface area contributed by atoms with Crippen LogP contribution in [0.2, 0.25) is 0 Å². The Hall–Kier alpha value is -2.07. The van der Waals surface area contributed by atoms with Gasteiger partial charge in [0.05, 0.1) is 0 Å². The lowest BCUT2D eigenvalue weighted by Gasteiger charge is -2.09. The first-order valence-electron chi connectivity index (χ1n) is 7.66. The summed E-state index contributed by atoms with van der Waals surface area (Å²) in [5, 5.41) is 4.78. The zero-order valence-corrected chi connectivity index (χ0v) is 13.9. The minimum Gasteiger partial charge on any atom is -0.322 e. The number of carbonyl (C=O) groups excluding carboxylic acids is 1. The summed E-state index contributed by atoms with van der Waals surface area (Å²) < 4.78 is 12.9. The van der Waals surface area contributed by atoms with E-state index in [0.29, 0.717) is 0 Å². The van der Waals surface area contributed by atoms with Crippen molar-refractivity contribution < 1.29 is 9.18 Å². The van der Waals surface area contributed by atoms with Gasteiger partial charge in [0, 0.05) is 16.2 Å². The first-order valence-corrected chi connectivity index (χ1v) is 8.54. The number of thioether (sulfide) groups is 1. The number of amides is 1. The van der Waals surface area contributed by atoms with Crippen LogP contribution in [0.15, 0.2) is 70.5 Å². The van der Waals surface area contributed by atoms with Crippen molar-refractivity contribution in [2.45, 2.75) is 31.1 Å². The summed E-state index contributed by atoms with van der Waals surface area (Å²) in [6.45, 7) is 2.10. The molecule has 0 heterocycles. The number of para-hydroxylation sites is 1. The zero-order chi connectivity index (χ0) is 16.5. The highest BCUT2D eigenvalue weighted by molar-refractivity contribution is 8.02. The molecule has 0 aliphatic rings. The third kappa shape index (κ3) is 5.91. The van der Waals surface area contributed by atoms with Crippen molar-refractivity contribution in [3.05, 3.63) is 71.4 Å². The van der Waals surface area contributed by atoms with Crippen molar-refractivity contribution in [1.82, 2.24) is 0 Å². The molecule has 23 heavy (non-hydrogen) atoms. The molecule has 2 aromatic rings. The molecule has 0 saturated carbocycles. The fourth-order valence-electron chi connectivity index (χ4n) is 1.98. The second-order valence-electron chi connectivity index (χ2n) is 5.14. The van der Waals surface area contributed by atoms with Crippen LogP contribution in [0, 0.1) is 5.82 Å². The lowest BCUT2D eigenvalue weighted by atomic mass is 10.1. The van der Waals surface area contributed by atoms with Crippen LogP contribution in [0.1, 0.15) is 26.2 Å². The Morgan fingerprint density at radius 1 is 1.13 bits per heavy atom. The van der Waals surface area contributed by atoms with Crippen LogP contribution < -0.4 is 5.32 Å². The highest BCUT2D eigenvalue weighted by atomic mass is 32.2. The minimum absolute atomic E-state index is 0.0840. The molecule has 0 saturated heterocycles. The van der Waals surface area contributed by atoms with Crippen LogP contribution in [0.3, 0.4) is 0 Å². The Morgan fingerprint density at radius 2 is 1.83 bits per heavy atom. The summed E-state index contributed by atoms with van der Waals surface area (Å²) in [6, 6.07) is 15.7. The molecule has 1 N–H and O–H groups in total. The number of anilines is 1. The van der Waals surface area contributed by atoms with Gasteiger partial charge in [-0.1, -0.05) is 43.3 Å². The first-order chi connectivity index (χ1) is 11.2. The average molecular weight is 329 g/mol. The average Bonchev–Trinajstić information content (AvgIpc) is 2.57. The zero-order valence-electron chi connectivity index (χ0n) is 13.1. The van der Waals surface area contributed by atoms with E-state index in [2.05, 4.69) is 12.2 Å².